The fourth-order valence-corrected chi connectivity index (χ4v) is 2.84. The van der Waals surface area contributed by atoms with E-state index in [1.807, 2.05) is 10.6 Å². The summed E-state index contributed by atoms with van der Waals surface area (Å²) in [4.78, 5) is 13.5. The Morgan fingerprint density at radius 3 is 2.70 bits per heavy atom. The molecule has 0 aliphatic rings. The summed E-state index contributed by atoms with van der Waals surface area (Å²) in [5.74, 6) is 1.01. The highest BCUT2D eigenvalue weighted by Gasteiger charge is 2.15. The van der Waals surface area contributed by atoms with E-state index in [9.17, 15) is 5.11 Å². The van der Waals surface area contributed by atoms with Gasteiger partial charge < -0.3 is 26.0 Å². The molecule has 1 aromatic carbocycles. The van der Waals surface area contributed by atoms with Gasteiger partial charge in [0.05, 0.1) is 12.4 Å². The van der Waals surface area contributed by atoms with Crippen LogP contribution in [0.5, 0.6) is 0 Å². The Bertz CT molecular complexity index is 939. The third-order valence-electron chi connectivity index (χ3n) is 4.08. The minimum atomic E-state index is -0.512. The van der Waals surface area contributed by atoms with E-state index >= 15 is 0 Å². The third-order valence-corrected chi connectivity index (χ3v) is 4.32. The van der Waals surface area contributed by atoms with Gasteiger partial charge in [-0.3, -0.25) is 0 Å². The molecule has 2 aromatic heterocycles. The van der Waals surface area contributed by atoms with Crippen molar-refractivity contribution in [1.29, 1.82) is 0 Å². The molecular formula is C18H24ClN7O. The normalized spacial score (nSPS) is 12.5. The summed E-state index contributed by atoms with van der Waals surface area (Å²) in [6, 6.07) is 5.55. The lowest BCUT2D eigenvalue weighted by Crippen LogP contribution is -2.18. The highest BCUT2D eigenvalue weighted by molar-refractivity contribution is 6.30. The maximum Gasteiger partial charge on any atom is 0.226 e. The molecule has 3 aromatic rings. The van der Waals surface area contributed by atoms with E-state index in [1.165, 1.54) is 0 Å². The molecule has 0 aliphatic heterocycles. The minimum Gasteiger partial charge on any atom is -0.398 e. The quantitative estimate of drug-likeness (QED) is 0.459. The van der Waals surface area contributed by atoms with Crippen molar-refractivity contribution in [3.8, 4) is 0 Å². The Kier molecular flexibility index (Phi) is 5.67. The summed E-state index contributed by atoms with van der Waals surface area (Å²) < 4.78 is 1.98. The predicted molar refractivity (Wildman–Crippen MR) is 109 cm³/mol. The first kappa shape index (κ1) is 19.2. The van der Waals surface area contributed by atoms with Crippen LogP contribution in [0.3, 0.4) is 0 Å². The number of halogens is 1. The number of hydrogen-bond donors (Lipinski definition) is 4. The van der Waals surface area contributed by atoms with E-state index in [2.05, 4.69) is 39.4 Å². The molecule has 2 heterocycles. The molecule has 1 unspecified atom stereocenters. The van der Waals surface area contributed by atoms with Crippen molar-refractivity contribution in [3.63, 3.8) is 0 Å². The van der Waals surface area contributed by atoms with Gasteiger partial charge in [0, 0.05) is 29.8 Å². The van der Waals surface area contributed by atoms with Crippen molar-refractivity contribution in [1.82, 2.24) is 19.5 Å². The molecule has 0 saturated heterocycles. The lowest BCUT2D eigenvalue weighted by molar-refractivity contribution is 0.208. The summed E-state index contributed by atoms with van der Waals surface area (Å²) >= 11 is 6.07. The molecule has 5 N–H and O–H groups in total. The SMILES string of the molecule is CC(O)CNc1nc(NCc2cc(Cl)ccc2N)c2ncn(C(C)C)c2n1. The van der Waals surface area contributed by atoms with E-state index in [4.69, 9.17) is 17.3 Å². The van der Waals surface area contributed by atoms with Crippen LogP contribution >= 0.6 is 11.6 Å². The number of nitrogens with one attached hydrogen (secondary N) is 2. The van der Waals surface area contributed by atoms with E-state index in [-0.39, 0.29) is 6.04 Å². The number of imidazole rings is 1. The molecule has 1 atom stereocenters. The zero-order valence-corrected chi connectivity index (χ0v) is 16.3. The molecular weight excluding hydrogens is 366 g/mol. The molecule has 0 bridgehead atoms. The summed E-state index contributed by atoms with van der Waals surface area (Å²) in [5, 5.41) is 16.5. The Morgan fingerprint density at radius 1 is 1.22 bits per heavy atom. The number of anilines is 3. The maximum atomic E-state index is 9.53. The van der Waals surface area contributed by atoms with Gasteiger partial charge in [0.25, 0.3) is 0 Å². The van der Waals surface area contributed by atoms with Crippen LogP contribution in [0.2, 0.25) is 5.02 Å². The topological polar surface area (TPSA) is 114 Å². The van der Waals surface area contributed by atoms with Crippen LogP contribution in [-0.4, -0.2) is 37.3 Å². The number of nitrogens with zero attached hydrogens (tertiary/aromatic N) is 4. The molecule has 9 heteroatoms. The fourth-order valence-electron chi connectivity index (χ4n) is 2.64. The number of rotatable bonds is 7. The van der Waals surface area contributed by atoms with Gasteiger partial charge in [-0.25, -0.2) is 4.98 Å². The number of aromatic nitrogens is 4. The molecule has 27 heavy (non-hydrogen) atoms. The zero-order chi connectivity index (χ0) is 19.6. The lowest BCUT2D eigenvalue weighted by Gasteiger charge is -2.13. The molecule has 3 rings (SSSR count). The number of nitrogen functional groups attached to an aromatic ring is 1. The maximum absolute atomic E-state index is 9.53. The van der Waals surface area contributed by atoms with Gasteiger partial charge >= 0.3 is 0 Å². The molecule has 0 radical (unpaired) electrons. The molecule has 0 saturated carbocycles. The van der Waals surface area contributed by atoms with Crippen LogP contribution in [0.25, 0.3) is 11.2 Å². The van der Waals surface area contributed by atoms with E-state index in [0.29, 0.717) is 41.1 Å². The van der Waals surface area contributed by atoms with E-state index < -0.39 is 6.10 Å². The van der Waals surface area contributed by atoms with Crippen molar-refractivity contribution >= 4 is 40.2 Å². The second kappa shape index (κ2) is 7.98. The van der Waals surface area contributed by atoms with Crippen molar-refractivity contribution < 1.29 is 5.11 Å². The van der Waals surface area contributed by atoms with Crippen LogP contribution < -0.4 is 16.4 Å². The Labute approximate surface area is 162 Å². The highest BCUT2D eigenvalue weighted by Crippen LogP contribution is 2.25. The van der Waals surface area contributed by atoms with Gasteiger partial charge in [0.2, 0.25) is 5.95 Å². The Morgan fingerprint density at radius 2 is 2.00 bits per heavy atom. The van der Waals surface area contributed by atoms with Crippen LogP contribution in [0.15, 0.2) is 24.5 Å². The van der Waals surface area contributed by atoms with Crippen LogP contribution in [0, 0.1) is 0 Å². The van der Waals surface area contributed by atoms with Crippen molar-refractivity contribution in [2.75, 3.05) is 22.9 Å². The molecule has 0 spiro atoms. The molecule has 8 nitrogen and oxygen atoms in total. The second-order valence-corrected chi connectivity index (χ2v) is 7.18. The first-order chi connectivity index (χ1) is 12.8. The van der Waals surface area contributed by atoms with Crippen molar-refractivity contribution in [3.05, 3.63) is 35.1 Å². The van der Waals surface area contributed by atoms with Gasteiger partial charge in [0.15, 0.2) is 17.0 Å². The van der Waals surface area contributed by atoms with Crippen molar-refractivity contribution in [2.45, 2.75) is 39.5 Å². The van der Waals surface area contributed by atoms with Crippen LogP contribution in [0.4, 0.5) is 17.5 Å². The Hall–Kier alpha value is -2.58. The number of aliphatic hydroxyl groups excluding tert-OH is 1. The smallest absolute Gasteiger partial charge is 0.226 e. The second-order valence-electron chi connectivity index (χ2n) is 6.74. The van der Waals surface area contributed by atoms with Gasteiger partial charge in [0.1, 0.15) is 0 Å². The Balaban J connectivity index is 1.95. The molecule has 0 aliphatic carbocycles. The largest absolute Gasteiger partial charge is 0.398 e. The van der Waals surface area contributed by atoms with Crippen LogP contribution in [-0.2, 0) is 6.54 Å². The summed E-state index contributed by atoms with van der Waals surface area (Å²) in [6.45, 7) is 6.62. The number of aliphatic hydroxyl groups is 1. The van der Waals surface area contributed by atoms with Crippen molar-refractivity contribution in [2.24, 2.45) is 0 Å². The average molecular weight is 390 g/mol. The first-order valence-electron chi connectivity index (χ1n) is 8.79. The minimum absolute atomic E-state index is 0.200. The fraction of sp³-hybridized carbons (Fsp3) is 0.389. The van der Waals surface area contributed by atoms with Gasteiger partial charge in [-0.2, -0.15) is 9.97 Å². The highest BCUT2D eigenvalue weighted by atomic mass is 35.5. The monoisotopic (exact) mass is 389 g/mol. The number of nitrogens with two attached hydrogens (primary N) is 1. The average Bonchev–Trinajstić information content (AvgIpc) is 3.04. The zero-order valence-electron chi connectivity index (χ0n) is 15.6. The molecule has 144 valence electrons. The van der Waals surface area contributed by atoms with E-state index in [0.717, 1.165) is 11.2 Å². The number of hydrogen-bond acceptors (Lipinski definition) is 7. The molecule has 0 amide bonds. The van der Waals surface area contributed by atoms with E-state index in [1.54, 1.807) is 25.4 Å². The van der Waals surface area contributed by atoms with Gasteiger partial charge in [-0.05, 0) is 44.5 Å². The number of fused-ring (bicyclic) bond motifs is 1. The van der Waals surface area contributed by atoms with Gasteiger partial charge in [-0.1, -0.05) is 11.6 Å². The summed E-state index contributed by atoms with van der Waals surface area (Å²) in [6.07, 6.45) is 1.24. The molecule has 0 fully saturated rings. The summed E-state index contributed by atoms with van der Waals surface area (Å²) in [5.41, 5.74) is 8.94. The lowest BCUT2D eigenvalue weighted by atomic mass is 10.2. The van der Waals surface area contributed by atoms with Gasteiger partial charge in [-0.15, -0.1) is 0 Å². The third kappa shape index (κ3) is 4.40. The standard InChI is InChI=1S/C18H24ClN7O/c1-10(2)26-9-23-15-16(21-8-12-6-13(19)4-5-14(12)20)24-18(25-17(15)26)22-7-11(3)27/h4-6,9-11,27H,7-8,20H2,1-3H3,(H2,21,22,24,25). The van der Waals surface area contributed by atoms with Crippen LogP contribution in [0.1, 0.15) is 32.4 Å². The first-order valence-corrected chi connectivity index (χ1v) is 9.17. The summed E-state index contributed by atoms with van der Waals surface area (Å²) in [7, 11) is 0. The number of benzene rings is 1. The predicted octanol–water partition coefficient (Wildman–Crippen LogP) is 3.05.